The van der Waals surface area contributed by atoms with E-state index in [9.17, 15) is 9.59 Å². The summed E-state index contributed by atoms with van der Waals surface area (Å²) < 4.78 is 6.05. The first-order chi connectivity index (χ1) is 14.2. The van der Waals surface area contributed by atoms with Gasteiger partial charge in [-0.3, -0.25) is 9.59 Å². The van der Waals surface area contributed by atoms with Gasteiger partial charge in [-0.2, -0.15) is 0 Å². The zero-order valence-corrected chi connectivity index (χ0v) is 17.3. The maximum atomic E-state index is 12.7. The van der Waals surface area contributed by atoms with Crippen molar-refractivity contribution in [3.8, 4) is 5.88 Å². The van der Waals surface area contributed by atoms with E-state index in [2.05, 4.69) is 10.3 Å². The van der Waals surface area contributed by atoms with E-state index >= 15 is 0 Å². The molecule has 0 spiro atoms. The van der Waals surface area contributed by atoms with Gasteiger partial charge in [-0.05, 0) is 56.0 Å². The maximum Gasteiger partial charge on any atom is 0.263 e. The smallest absolute Gasteiger partial charge is 0.263 e. The highest BCUT2D eigenvalue weighted by atomic mass is 32.1. The first-order valence-electron chi connectivity index (χ1n) is 10.4. The van der Waals surface area contributed by atoms with Crippen LogP contribution in [0.1, 0.15) is 53.8 Å². The Morgan fingerprint density at radius 2 is 1.93 bits per heavy atom. The third kappa shape index (κ3) is 4.96. The zero-order valence-electron chi connectivity index (χ0n) is 16.5. The molecule has 4 rings (SSSR count). The molecule has 1 saturated heterocycles. The average Bonchev–Trinajstić information content (AvgIpc) is 3.47. The predicted molar refractivity (Wildman–Crippen MR) is 112 cm³/mol. The molecule has 0 unspecified atom stereocenters. The molecule has 0 atom stereocenters. The number of aromatic nitrogens is 1. The summed E-state index contributed by atoms with van der Waals surface area (Å²) in [5.74, 6) is 0.695. The molecule has 154 valence electrons. The van der Waals surface area contributed by atoms with E-state index in [0.717, 1.165) is 23.3 Å². The van der Waals surface area contributed by atoms with Gasteiger partial charge in [0, 0.05) is 37.3 Å². The van der Waals surface area contributed by atoms with Gasteiger partial charge in [0.05, 0.1) is 4.88 Å². The zero-order chi connectivity index (χ0) is 20.1. The SMILES string of the molecule is O=C(NCc1cccnc1OC1CCCC1)C1CCN(C(=O)c2cccs2)CC1. The van der Waals surface area contributed by atoms with E-state index in [0.29, 0.717) is 38.4 Å². The molecule has 2 aromatic rings. The average molecular weight is 414 g/mol. The number of pyridine rings is 1. The van der Waals surface area contributed by atoms with Crippen molar-refractivity contribution in [2.45, 2.75) is 51.2 Å². The van der Waals surface area contributed by atoms with Gasteiger partial charge in [-0.1, -0.05) is 12.1 Å². The number of likely N-dealkylation sites (tertiary alicyclic amines) is 1. The predicted octanol–water partition coefficient (Wildman–Crippen LogP) is 3.63. The van der Waals surface area contributed by atoms with Crippen LogP contribution >= 0.6 is 11.3 Å². The van der Waals surface area contributed by atoms with Gasteiger partial charge in [0.2, 0.25) is 11.8 Å². The normalized spacial score (nSPS) is 18.0. The Bertz CT molecular complexity index is 826. The first-order valence-corrected chi connectivity index (χ1v) is 11.3. The number of rotatable bonds is 6. The lowest BCUT2D eigenvalue weighted by Crippen LogP contribution is -2.42. The summed E-state index contributed by atoms with van der Waals surface area (Å²) in [5, 5.41) is 4.96. The third-order valence-corrected chi connectivity index (χ3v) is 6.63. The minimum absolute atomic E-state index is 0.0453. The highest BCUT2D eigenvalue weighted by molar-refractivity contribution is 7.12. The van der Waals surface area contributed by atoms with Crippen molar-refractivity contribution < 1.29 is 14.3 Å². The largest absolute Gasteiger partial charge is 0.474 e. The van der Waals surface area contributed by atoms with E-state index in [1.54, 1.807) is 6.20 Å². The van der Waals surface area contributed by atoms with Crippen LogP contribution in [0.15, 0.2) is 35.8 Å². The van der Waals surface area contributed by atoms with E-state index in [4.69, 9.17) is 4.74 Å². The van der Waals surface area contributed by atoms with Crippen LogP contribution < -0.4 is 10.1 Å². The summed E-state index contributed by atoms with van der Waals surface area (Å²) in [7, 11) is 0. The molecule has 2 aliphatic rings. The monoisotopic (exact) mass is 413 g/mol. The molecule has 2 amide bonds. The Balaban J connectivity index is 1.27. The highest BCUT2D eigenvalue weighted by Crippen LogP contribution is 2.25. The van der Waals surface area contributed by atoms with Gasteiger partial charge in [-0.15, -0.1) is 11.3 Å². The molecule has 1 aliphatic carbocycles. The van der Waals surface area contributed by atoms with Crippen LogP contribution in [0.3, 0.4) is 0 Å². The summed E-state index contributed by atoms with van der Waals surface area (Å²) in [4.78, 5) is 32.1. The van der Waals surface area contributed by atoms with Crippen molar-refractivity contribution in [2.75, 3.05) is 13.1 Å². The molecular formula is C22H27N3O3S. The van der Waals surface area contributed by atoms with Gasteiger partial charge in [0.25, 0.3) is 5.91 Å². The second-order valence-electron chi connectivity index (χ2n) is 7.75. The molecule has 29 heavy (non-hydrogen) atoms. The Morgan fingerprint density at radius 1 is 1.14 bits per heavy atom. The molecule has 1 saturated carbocycles. The number of carbonyl (C=O) groups is 2. The Hall–Kier alpha value is -2.41. The minimum atomic E-state index is -0.0572. The van der Waals surface area contributed by atoms with Crippen molar-refractivity contribution in [3.05, 3.63) is 46.3 Å². The summed E-state index contributed by atoms with van der Waals surface area (Å²) >= 11 is 1.46. The first kappa shape index (κ1) is 19.9. The summed E-state index contributed by atoms with van der Waals surface area (Å²) in [5.41, 5.74) is 0.915. The number of nitrogens with one attached hydrogen (secondary N) is 1. The molecule has 2 fully saturated rings. The number of carbonyl (C=O) groups excluding carboxylic acids is 2. The number of amides is 2. The number of ether oxygens (including phenoxy) is 1. The van der Waals surface area contributed by atoms with Gasteiger partial charge in [0.1, 0.15) is 6.10 Å². The molecule has 7 heteroatoms. The second-order valence-corrected chi connectivity index (χ2v) is 8.70. The lowest BCUT2D eigenvalue weighted by Gasteiger charge is -2.31. The van der Waals surface area contributed by atoms with Crippen molar-refractivity contribution >= 4 is 23.2 Å². The second kappa shape index (κ2) is 9.39. The topological polar surface area (TPSA) is 71.5 Å². The standard InChI is InChI=1S/C22H27N3O3S/c26-20(16-9-12-25(13-10-16)22(27)19-8-4-14-29-19)24-15-17-5-3-11-23-21(17)28-18-6-1-2-7-18/h3-5,8,11,14,16,18H,1-2,6-7,9-10,12-13,15H2,(H,24,26). The Labute approximate surface area is 175 Å². The van der Waals surface area contributed by atoms with Crippen molar-refractivity contribution in [3.63, 3.8) is 0 Å². The lowest BCUT2D eigenvalue weighted by molar-refractivity contribution is -0.126. The number of hydrogen-bond acceptors (Lipinski definition) is 5. The van der Waals surface area contributed by atoms with Crippen molar-refractivity contribution in [1.29, 1.82) is 0 Å². The van der Waals surface area contributed by atoms with Gasteiger partial charge < -0.3 is 15.0 Å². The minimum Gasteiger partial charge on any atom is -0.474 e. The lowest BCUT2D eigenvalue weighted by atomic mass is 9.95. The van der Waals surface area contributed by atoms with Crippen LogP contribution in [0.2, 0.25) is 0 Å². The molecule has 0 bridgehead atoms. The fourth-order valence-electron chi connectivity index (χ4n) is 4.06. The summed E-state index contributed by atoms with van der Waals surface area (Å²) in [6.07, 6.45) is 7.92. The molecule has 6 nitrogen and oxygen atoms in total. The van der Waals surface area contributed by atoms with Crippen LogP contribution in [0, 0.1) is 5.92 Å². The molecule has 3 heterocycles. The molecule has 2 aromatic heterocycles. The number of piperidine rings is 1. The molecule has 1 aliphatic heterocycles. The van der Waals surface area contributed by atoms with Crippen LogP contribution in [0.25, 0.3) is 0 Å². The van der Waals surface area contributed by atoms with E-state index in [1.807, 2.05) is 34.5 Å². The van der Waals surface area contributed by atoms with E-state index < -0.39 is 0 Å². The highest BCUT2D eigenvalue weighted by Gasteiger charge is 2.28. The van der Waals surface area contributed by atoms with E-state index in [1.165, 1.54) is 24.2 Å². The molecule has 0 radical (unpaired) electrons. The van der Waals surface area contributed by atoms with Crippen molar-refractivity contribution in [2.24, 2.45) is 5.92 Å². The summed E-state index contributed by atoms with van der Waals surface area (Å²) in [6.45, 7) is 1.67. The summed E-state index contributed by atoms with van der Waals surface area (Å²) in [6, 6.07) is 7.57. The van der Waals surface area contributed by atoms with Gasteiger partial charge in [0.15, 0.2) is 0 Å². The number of nitrogens with zero attached hydrogens (tertiary/aromatic N) is 2. The van der Waals surface area contributed by atoms with Gasteiger partial charge in [-0.25, -0.2) is 4.98 Å². The quantitative estimate of drug-likeness (QED) is 0.785. The number of thiophene rings is 1. The van der Waals surface area contributed by atoms with Crippen LogP contribution in [0.4, 0.5) is 0 Å². The van der Waals surface area contributed by atoms with Gasteiger partial charge >= 0.3 is 0 Å². The third-order valence-electron chi connectivity index (χ3n) is 5.77. The van der Waals surface area contributed by atoms with E-state index in [-0.39, 0.29) is 23.8 Å². The fourth-order valence-corrected chi connectivity index (χ4v) is 4.75. The molecule has 1 N–H and O–H groups in total. The van der Waals surface area contributed by atoms with Crippen LogP contribution in [0.5, 0.6) is 5.88 Å². The molecule has 0 aromatic carbocycles. The Kier molecular flexibility index (Phi) is 6.44. The van der Waals surface area contributed by atoms with Crippen molar-refractivity contribution in [1.82, 2.24) is 15.2 Å². The Morgan fingerprint density at radius 3 is 2.66 bits per heavy atom. The number of hydrogen-bond donors (Lipinski definition) is 1. The maximum absolute atomic E-state index is 12.7. The van der Waals surface area contributed by atoms with Crippen LogP contribution in [-0.4, -0.2) is 40.9 Å². The van der Waals surface area contributed by atoms with Crippen LogP contribution in [-0.2, 0) is 11.3 Å². The molecular weight excluding hydrogens is 386 g/mol. The fraction of sp³-hybridized carbons (Fsp3) is 0.500.